The minimum atomic E-state index is -0.142. The standard InChI is InChI=1S/C16H15N3O/c17-8-2-6-13-4-1-5-14(10-13)11-19-16(20)15-7-3-9-18-12-15/h1,3-5,7,9-10,12H,8,11,17H2,(H,19,20). The van der Waals surface area contributed by atoms with Crippen LogP contribution >= 0.6 is 0 Å². The first kappa shape index (κ1) is 13.8. The summed E-state index contributed by atoms with van der Waals surface area (Å²) in [5.41, 5.74) is 7.77. The summed E-state index contributed by atoms with van der Waals surface area (Å²) in [5, 5.41) is 2.85. The van der Waals surface area contributed by atoms with Gasteiger partial charge in [-0.2, -0.15) is 0 Å². The quantitative estimate of drug-likeness (QED) is 0.822. The largest absolute Gasteiger partial charge is 0.348 e. The van der Waals surface area contributed by atoms with Crippen molar-refractivity contribution in [1.29, 1.82) is 0 Å². The molecule has 0 saturated carbocycles. The highest BCUT2D eigenvalue weighted by Crippen LogP contribution is 2.04. The molecule has 0 aliphatic heterocycles. The number of rotatable bonds is 3. The Bertz CT molecular complexity index is 642. The number of nitrogens with one attached hydrogen (secondary N) is 1. The smallest absolute Gasteiger partial charge is 0.253 e. The Labute approximate surface area is 118 Å². The number of carbonyl (C=O) groups is 1. The van der Waals surface area contributed by atoms with Gasteiger partial charge in [0.1, 0.15) is 0 Å². The number of hydrogen-bond acceptors (Lipinski definition) is 3. The molecule has 0 atom stereocenters. The van der Waals surface area contributed by atoms with Gasteiger partial charge in [0.15, 0.2) is 0 Å². The van der Waals surface area contributed by atoms with Gasteiger partial charge in [-0.15, -0.1) is 0 Å². The third-order valence-corrected chi connectivity index (χ3v) is 2.64. The zero-order valence-electron chi connectivity index (χ0n) is 11.0. The molecule has 2 rings (SSSR count). The predicted octanol–water partition coefficient (Wildman–Crippen LogP) is 1.32. The molecule has 1 amide bonds. The monoisotopic (exact) mass is 265 g/mol. The Hall–Kier alpha value is -2.64. The lowest BCUT2D eigenvalue weighted by Gasteiger charge is -2.05. The van der Waals surface area contributed by atoms with Crippen molar-refractivity contribution in [3.8, 4) is 11.8 Å². The van der Waals surface area contributed by atoms with Crippen LogP contribution in [0.1, 0.15) is 21.5 Å². The third-order valence-electron chi connectivity index (χ3n) is 2.64. The summed E-state index contributed by atoms with van der Waals surface area (Å²) < 4.78 is 0. The van der Waals surface area contributed by atoms with E-state index in [1.165, 1.54) is 0 Å². The Morgan fingerprint density at radius 1 is 1.30 bits per heavy atom. The number of amides is 1. The number of nitrogens with two attached hydrogens (primary N) is 1. The second kappa shape index (κ2) is 7.07. The predicted molar refractivity (Wildman–Crippen MR) is 77.8 cm³/mol. The van der Waals surface area contributed by atoms with Gasteiger partial charge in [-0.25, -0.2) is 0 Å². The van der Waals surface area contributed by atoms with E-state index in [0.717, 1.165) is 11.1 Å². The van der Waals surface area contributed by atoms with Crippen molar-refractivity contribution >= 4 is 5.91 Å². The summed E-state index contributed by atoms with van der Waals surface area (Å²) in [6.07, 6.45) is 3.18. The van der Waals surface area contributed by atoms with Crippen molar-refractivity contribution in [2.75, 3.05) is 6.54 Å². The van der Waals surface area contributed by atoms with Crippen LogP contribution in [-0.4, -0.2) is 17.4 Å². The highest BCUT2D eigenvalue weighted by atomic mass is 16.1. The minimum Gasteiger partial charge on any atom is -0.348 e. The van der Waals surface area contributed by atoms with E-state index in [2.05, 4.69) is 22.1 Å². The zero-order chi connectivity index (χ0) is 14.2. The van der Waals surface area contributed by atoms with Crippen molar-refractivity contribution in [2.45, 2.75) is 6.54 Å². The fraction of sp³-hybridized carbons (Fsp3) is 0.125. The van der Waals surface area contributed by atoms with Crippen LogP contribution in [0.2, 0.25) is 0 Å². The summed E-state index contributed by atoms with van der Waals surface area (Å²) >= 11 is 0. The summed E-state index contributed by atoms with van der Waals surface area (Å²) in [7, 11) is 0. The molecule has 1 aromatic heterocycles. The van der Waals surface area contributed by atoms with Gasteiger partial charge < -0.3 is 11.1 Å². The van der Waals surface area contributed by atoms with E-state index in [1.807, 2.05) is 24.3 Å². The van der Waals surface area contributed by atoms with Gasteiger partial charge >= 0.3 is 0 Å². The van der Waals surface area contributed by atoms with Crippen molar-refractivity contribution in [1.82, 2.24) is 10.3 Å². The molecular formula is C16H15N3O. The van der Waals surface area contributed by atoms with Crippen LogP contribution in [-0.2, 0) is 6.54 Å². The number of pyridine rings is 1. The van der Waals surface area contributed by atoms with Gasteiger partial charge in [-0.05, 0) is 29.8 Å². The fourth-order valence-corrected chi connectivity index (χ4v) is 1.69. The molecule has 1 heterocycles. The van der Waals surface area contributed by atoms with E-state index in [-0.39, 0.29) is 5.91 Å². The van der Waals surface area contributed by atoms with Gasteiger partial charge in [-0.1, -0.05) is 24.0 Å². The van der Waals surface area contributed by atoms with E-state index in [9.17, 15) is 4.79 Å². The molecule has 0 bridgehead atoms. The fourth-order valence-electron chi connectivity index (χ4n) is 1.69. The SMILES string of the molecule is NCC#Cc1cccc(CNC(=O)c2cccnc2)c1. The lowest BCUT2D eigenvalue weighted by Crippen LogP contribution is -2.22. The second-order valence-electron chi connectivity index (χ2n) is 4.13. The van der Waals surface area contributed by atoms with Gasteiger partial charge in [0, 0.05) is 24.5 Å². The Balaban J connectivity index is 1.99. The first-order chi connectivity index (χ1) is 9.79. The van der Waals surface area contributed by atoms with Crippen LogP contribution in [0.15, 0.2) is 48.8 Å². The number of hydrogen-bond donors (Lipinski definition) is 2. The summed E-state index contributed by atoms with van der Waals surface area (Å²) in [4.78, 5) is 15.8. The Kier molecular flexibility index (Phi) is 4.87. The molecule has 20 heavy (non-hydrogen) atoms. The number of nitrogens with zero attached hydrogens (tertiary/aromatic N) is 1. The molecular weight excluding hydrogens is 250 g/mol. The lowest BCUT2D eigenvalue weighted by molar-refractivity contribution is 0.0950. The van der Waals surface area contributed by atoms with Crippen molar-refractivity contribution < 1.29 is 4.79 Å². The molecule has 4 heteroatoms. The molecule has 2 aromatic rings. The molecule has 0 unspecified atom stereocenters. The van der Waals surface area contributed by atoms with Crippen molar-refractivity contribution in [3.05, 3.63) is 65.5 Å². The van der Waals surface area contributed by atoms with Gasteiger partial charge in [0.25, 0.3) is 5.91 Å². The maximum atomic E-state index is 11.9. The average molecular weight is 265 g/mol. The maximum Gasteiger partial charge on any atom is 0.253 e. The van der Waals surface area contributed by atoms with E-state index in [0.29, 0.717) is 18.7 Å². The van der Waals surface area contributed by atoms with Crippen LogP contribution in [0, 0.1) is 11.8 Å². The first-order valence-electron chi connectivity index (χ1n) is 6.25. The van der Waals surface area contributed by atoms with Crippen LogP contribution in [0.5, 0.6) is 0 Å². The highest BCUT2D eigenvalue weighted by molar-refractivity contribution is 5.93. The van der Waals surface area contributed by atoms with Crippen molar-refractivity contribution in [2.24, 2.45) is 5.73 Å². The highest BCUT2D eigenvalue weighted by Gasteiger charge is 2.04. The zero-order valence-corrected chi connectivity index (χ0v) is 11.0. The molecule has 0 aliphatic rings. The van der Waals surface area contributed by atoms with E-state index >= 15 is 0 Å². The molecule has 0 aliphatic carbocycles. The first-order valence-corrected chi connectivity index (χ1v) is 6.25. The van der Waals surface area contributed by atoms with E-state index < -0.39 is 0 Å². The average Bonchev–Trinajstić information content (AvgIpc) is 2.52. The molecule has 100 valence electrons. The Morgan fingerprint density at radius 2 is 2.20 bits per heavy atom. The summed E-state index contributed by atoms with van der Waals surface area (Å²) in [6.45, 7) is 0.786. The summed E-state index contributed by atoms with van der Waals surface area (Å²) in [6, 6.07) is 11.2. The van der Waals surface area contributed by atoms with Crippen LogP contribution in [0.4, 0.5) is 0 Å². The normalized spacial score (nSPS) is 9.45. The topological polar surface area (TPSA) is 68.0 Å². The number of benzene rings is 1. The summed E-state index contributed by atoms with van der Waals surface area (Å²) in [5.74, 6) is 5.63. The molecule has 4 nitrogen and oxygen atoms in total. The molecule has 1 aromatic carbocycles. The maximum absolute atomic E-state index is 11.9. The van der Waals surface area contributed by atoms with Gasteiger partial charge in [0.2, 0.25) is 0 Å². The lowest BCUT2D eigenvalue weighted by atomic mass is 10.1. The van der Waals surface area contributed by atoms with Gasteiger partial charge in [-0.3, -0.25) is 9.78 Å². The number of carbonyl (C=O) groups excluding carboxylic acids is 1. The molecule has 0 radical (unpaired) electrons. The third kappa shape index (κ3) is 3.94. The van der Waals surface area contributed by atoms with Gasteiger partial charge in [0.05, 0.1) is 12.1 Å². The van der Waals surface area contributed by atoms with Crippen LogP contribution in [0.3, 0.4) is 0 Å². The second-order valence-corrected chi connectivity index (χ2v) is 4.13. The molecule has 0 spiro atoms. The van der Waals surface area contributed by atoms with Crippen LogP contribution in [0.25, 0.3) is 0 Å². The van der Waals surface area contributed by atoms with E-state index in [1.54, 1.807) is 24.5 Å². The Morgan fingerprint density at radius 3 is 2.95 bits per heavy atom. The van der Waals surface area contributed by atoms with Crippen LogP contribution < -0.4 is 11.1 Å². The molecule has 3 N–H and O–H groups in total. The van der Waals surface area contributed by atoms with Crippen molar-refractivity contribution in [3.63, 3.8) is 0 Å². The molecule has 0 fully saturated rings. The molecule has 0 saturated heterocycles. The van der Waals surface area contributed by atoms with E-state index in [4.69, 9.17) is 5.73 Å². The minimum absolute atomic E-state index is 0.142. The number of aromatic nitrogens is 1.